The normalized spacial score (nSPS) is 26.3. The highest BCUT2D eigenvalue weighted by molar-refractivity contribution is 5.76. The van der Waals surface area contributed by atoms with Gasteiger partial charge in [0.2, 0.25) is 5.91 Å². The Balaban J connectivity index is 0.000000339. The number of aliphatic carboxylic acids is 1. The number of carbonyl (C=O) groups is 2. The van der Waals surface area contributed by atoms with Crippen molar-refractivity contribution in [3.63, 3.8) is 0 Å². The van der Waals surface area contributed by atoms with Crippen LogP contribution in [0.15, 0.2) is 16.5 Å². The number of rotatable bonds is 4. The topological polar surface area (TPSA) is 83.2 Å². The van der Waals surface area contributed by atoms with Crippen LogP contribution in [-0.2, 0) is 20.9 Å². The molecular formula is C21H29F3N2O5. The van der Waals surface area contributed by atoms with E-state index in [1.807, 2.05) is 17.9 Å². The average molecular weight is 446 g/mol. The van der Waals surface area contributed by atoms with E-state index in [1.54, 1.807) is 0 Å². The zero-order chi connectivity index (χ0) is 22.6. The van der Waals surface area contributed by atoms with E-state index in [0.29, 0.717) is 30.1 Å². The minimum Gasteiger partial charge on any atom is -0.475 e. The molecule has 0 bridgehead atoms. The molecule has 0 unspecified atom stereocenters. The first-order valence-electron chi connectivity index (χ1n) is 10.6. The van der Waals surface area contributed by atoms with Crippen LogP contribution in [0, 0.1) is 24.7 Å². The van der Waals surface area contributed by atoms with Gasteiger partial charge in [0, 0.05) is 32.6 Å². The standard InChI is InChI=1S/C19H28N2O3.C2HF3O2/c1-14-4-5-17(24-14)10-20-9-16-13-23-12-15(18(16)11-20)8-19(22)21-6-2-3-7-21;3-2(4,5)1(6)7/h4-5,15-16,18H,2-3,6-13H2,1H3;(H,6,7)/t15-,16-,18+;/m1./s1. The molecule has 0 radical (unpaired) electrons. The molecule has 0 spiro atoms. The number of aryl methyl sites for hydroxylation is 1. The van der Waals surface area contributed by atoms with Crippen LogP contribution in [0.25, 0.3) is 0 Å². The maximum atomic E-state index is 12.5. The number of amides is 1. The van der Waals surface area contributed by atoms with Crippen molar-refractivity contribution < 1.29 is 37.0 Å². The zero-order valence-corrected chi connectivity index (χ0v) is 17.6. The Morgan fingerprint density at radius 1 is 1.16 bits per heavy atom. The zero-order valence-electron chi connectivity index (χ0n) is 17.6. The second-order valence-electron chi connectivity index (χ2n) is 8.52. The molecule has 1 amide bonds. The van der Waals surface area contributed by atoms with Gasteiger partial charge in [0.05, 0.1) is 19.8 Å². The van der Waals surface area contributed by atoms with Crippen LogP contribution >= 0.6 is 0 Å². The van der Waals surface area contributed by atoms with E-state index in [0.717, 1.165) is 70.3 Å². The molecule has 3 saturated heterocycles. The summed E-state index contributed by atoms with van der Waals surface area (Å²) < 4.78 is 43.3. The summed E-state index contributed by atoms with van der Waals surface area (Å²) in [4.78, 5) is 25.9. The molecule has 7 nitrogen and oxygen atoms in total. The van der Waals surface area contributed by atoms with E-state index in [-0.39, 0.29) is 0 Å². The Kier molecular flexibility index (Phi) is 7.64. The molecule has 1 aromatic rings. The molecule has 4 heterocycles. The second-order valence-corrected chi connectivity index (χ2v) is 8.52. The lowest BCUT2D eigenvalue weighted by molar-refractivity contribution is -0.192. The van der Waals surface area contributed by atoms with Gasteiger partial charge in [-0.3, -0.25) is 9.69 Å². The quantitative estimate of drug-likeness (QED) is 0.766. The third-order valence-corrected chi connectivity index (χ3v) is 6.15. The van der Waals surface area contributed by atoms with E-state index >= 15 is 0 Å². The van der Waals surface area contributed by atoms with Crippen molar-refractivity contribution in [3.05, 3.63) is 23.7 Å². The van der Waals surface area contributed by atoms with Gasteiger partial charge in [-0.25, -0.2) is 4.79 Å². The molecule has 3 fully saturated rings. The van der Waals surface area contributed by atoms with Crippen molar-refractivity contribution in [2.24, 2.45) is 17.8 Å². The Bertz CT molecular complexity index is 760. The molecule has 10 heteroatoms. The molecule has 0 aliphatic carbocycles. The monoisotopic (exact) mass is 446 g/mol. The Labute approximate surface area is 179 Å². The fourth-order valence-electron chi connectivity index (χ4n) is 4.64. The van der Waals surface area contributed by atoms with E-state index < -0.39 is 12.1 Å². The molecule has 31 heavy (non-hydrogen) atoms. The number of alkyl halides is 3. The van der Waals surface area contributed by atoms with Crippen LogP contribution in [0.1, 0.15) is 30.8 Å². The van der Waals surface area contributed by atoms with Crippen molar-refractivity contribution in [1.82, 2.24) is 9.80 Å². The van der Waals surface area contributed by atoms with Gasteiger partial charge in [-0.05, 0) is 49.7 Å². The number of halogens is 3. The average Bonchev–Trinajstić information content (AvgIpc) is 3.43. The van der Waals surface area contributed by atoms with Gasteiger partial charge in [-0.15, -0.1) is 0 Å². The molecule has 1 N–H and O–H groups in total. The lowest BCUT2D eigenvalue weighted by Crippen LogP contribution is -2.39. The smallest absolute Gasteiger partial charge is 0.475 e. The third-order valence-electron chi connectivity index (χ3n) is 6.15. The maximum absolute atomic E-state index is 12.5. The Hall–Kier alpha value is -2.07. The van der Waals surface area contributed by atoms with Crippen LogP contribution in [0.5, 0.6) is 0 Å². The molecular weight excluding hydrogens is 417 g/mol. The van der Waals surface area contributed by atoms with Gasteiger partial charge in [0.15, 0.2) is 0 Å². The molecule has 3 atom stereocenters. The summed E-state index contributed by atoms with van der Waals surface area (Å²) in [6.45, 7) is 8.45. The minimum atomic E-state index is -5.08. The number of likely N-dealkylation sites (tertiary alicyclic amines) is 2. The van der Waals surface area contributed by atoms with Gasteiger partial charge in [-0.2, -0.15) is 13.2 Å². The lowest BCUT2D eigenvalue weighted by atomic mass is 9.81. The van der Waals surface area contributed by atoms with Crippen molar-refractivity contribution >= 4 is 11.9 Å². The number of carbonyl (C=O) groups excluding carboxylic acids is 1. The molecule has 3 aliphatic rings. The first-order chi connectivity index (χ1) is 14.6. The van der Waals surface area contributed by atoms with E-state index in [9.17, 15) is 18.0 Å². The number of hydrogen-bond donors (Lipinski definition) is 1. The van der Waals surface area contributed by atoms with Crippen LogP contribution in [0.4, 0.5) is 13.2 Å². The Morgan fingerprint density at radius 2 is 1.84 bits per heavy atom. The van der Waals surface area contributed by atoms with Crippen LogP contribution < -0.4 is 0 Å². The fourth-order valence-corrected chi connectivity index (χ4v) is 4.64. The summed E-state index contributed by atoms with van der Waals surface area (Å²) >= 11 is 0. The number of ether oxygens (including phenoxy) is 1. The molecule has 0 aromatic carbocycles. The van der Waals surface area contributed by atoms with Crippen LogP contribution in [0.3, 0.4) is 0 Å². The number of carboxylic acid groups (broad SMARTS) is 1. The maximum Gasteiger partial charge on any atom is 0.490 e. The van der Waals surface area contributed by atoms with Gasteiger partial charge in [0.1, 0.15) is 11.5 Å². The number of fused-ring (bicyclic) bond motifs is 1. The summed E-state index contributed by atoms with van der Waals surface area (Å²) in [5, 5.41) is 7.12. The van der Waals surface area contributed by atoms with Crippen molar-refractivity contribution in [2.75, 3.05) is 39.4 Å². The lowest BCUT2D eigenvalue weighted by Gasteiger charge is -2.33. The highest BCUT2D eigenvalue weighted by Gasteiger charge is 2.42. The van der Waals surface area contributed by atoms with Crippen molar-refractivity contribution in [2.45, 2.75) is 38.9 Å². The van der Waals surface area contributed by atoms with Gasteiger partial charge >= 0.3 is 12.1 Å². The van der Waals surface area contributed by atoms with E-state index in [1.165, 1.54) is 0 Å². The molecule has 4 rings (SSSR count). The number of furan rings is 1. The predicted octanol–water partition coefficient (Wildman–Crippen LogP) is 2.93. The SMILES string of the molecule is Cc1ccc(CN2C[C@@H]3COC[C@@H](CC(=O)N4CCCC4)[C@@H]3C2)o1.O=C(O)C(F)(F)F. The minimum absolute atomic E-state index is 0.335. The van der Waals surface area contributed by atoms with Crippen LogP contribution in [-0.4, -0.2) is 72.4 Å². The van der Waals surface area contributed by atoms with Crippen molar-refractivity contribution in [1.29, 1.82) is 0 Å². The van der Waals surface area contributed by atoms with Gasteiger partial charge in [0.25, 0.3) is 0 Å². The second kappa shape index (κ2) is 10.0. The molecule has 1 aromatic heterocycles. The first-order valence-corrected chi connectivity index (χ1v) is 10.6. The summed E-state index contributed by atoms with van der Waals surface area (Å²) in [7, 11) is 0. The van der Waals surface area contributed by atoms with Crippen molar-refractivity contribution in [3.8, 4) is 0 Å². The molecule has 0 saturated carbocycles. The largest absolute Gasteiger partial charge is 0.490 e. The summed E-state index contributed by atoms with van der Waals surface area (Å²) in [6, 6.07) is 4.10. The summed E-state index contributed by atoms with van der Waals surface area (Å²) in [6.07, 6.45) is -2.10. The predicted molar refractivity (Wildman–Crippen MR) is 104 cm³/mol. The van der Waals surface area contributed by atoms with Gasteiger partial charge < -0.3 is 19.2 Å². The number of hydrogen-bond acceptors (Lipinski definition) is 5. The molecule has 3 aliphatic heterocycles. The van der Waals surface area contributed by atoms with Crippen LogP contribution in [0.2, 0.25) is 0 Å². The van der Waals surface area contributed by atoms with E-state index in [4.69, 9.17) is 19.1 Å². The highest BCUT2D eigenvalue weighted by Crippen LogP contribution is 2.37. The summed E-state index contributed by atoms with van der Waals surface area (Å²) in [5.41, 5.74) is 0. The summed E-state index contributed by atoms with van der Waals surface area (Å²) in [5.74, 6) is 1.11. The highest BCUT2D eigenvalue weighted by atomic mass is 19.4. The number of carboxylic acids is 1. The first kappa shape index (κ1) is 23.6. The number of nitrogens with zero attached hydrogens (tertiary/aromatic N) is 2. The van der Waals surface area contributed by atoms with Gasteiger partial charge in [-0.1, -0.05) is 0 Å². The molecule has 174 valence electrons. The fraction of sp³-hybridized carbons (Fsp3) is 0.714. The van der Waals surface area contributed by atoms with E-state index in [2.05, 4.69) is 11.0 Å². The Morgan fingerprint density at radius 3 is 2.42 bits per heavy atom. The third kappa shape index (κ3) is 6.46.